The van der Waals surface area contributed by atoms with E-state index in [9.17, 15) is 0 Å². The number of aromatic nitrogens is 2. The molecule has 4 aromatic rings. The zero-order valence-electron chi connectivity index (χ0n) is 14.0. The predicted octanol–water partition coefficient (Wildman–Crippen LogP) is 3.96. The lowest BCUT2D eigenvalue weighted by Gasteiger charge is -2.24. The summed E-state index contributed by atoms with van der Waals surface area (Å²) < 4.78 is 5.40. The number of pyridine rings is 1. The van der Waals surface area contributed by atoms with Crippen LogP contribution in [0.3, 0.4) is 0 Å². The van der Waals surface area contributed by atoms with Crippen LogP contribution in [0.5, 0.6) is 5.75 Å². The average molecular weight is 329 g/mol. The molecule has 0 saturated heterocycles. The van der Waals surface area contributed by atoms with E-state index < -0.39 is 0 Å². The lowest BCUT2D eigenvalue weighted by atomic mass is 9.96. The number of benzene rings is 2. The number of para-hydroxylation sites is 1. The van der Waals surface area contributed by atoms with Gasteiger partial charge in [0.1, 0.15) is 5.75 Å². The van der Waals surface area contributed by atoms with E-state index in [0.29, 0.717) is 0 Å². The molecule has 0 amide bonds. The van der Waals surface area contributed by atoms with Gasteiger partial charge in [0.15, 0.2) is 0 Å². The molecule has 5 rings (SSSR count). The summed E-state index contributed by atoms with van der Waals surface area (Å²) in [5.41, 5.74) is 5.83. The Kier molecular flexibility index (Phi) is 3.25. The van der Waals surface area contributed by atoms with Crippen molar-refractivity contribution in [3.63, 3.8) is 0 Å². The summed E-state index contributed by atoms with van der Waals surface area (Å²) in [6.45, 7) is 0.941. The molecule has 124 valence electrons. The number of methoxy groups -OCH3 is 1. The maximum atomic E-state index is 5.40. The van der Waals surface area contributed by atoms with Crippen LogP contribution >= 0.6 is 0 Å². The third kappa shape index (κ3) is 2.29. The van der Waals surface area contributed by atoms with Gasteiger partial charge in [-0.1, -0.05) is 24.3 Å². The maximum Gasteiger partial charge on any atom is 0.119 e. The largest absolute Gasteiger partial charge is 0.497 e. The SMILES string of the molecule is COc1ccc2[nH]c3c(c2c1)CCNC3c1ccc2ccccc2n1. The number of ether oxygens (including phenoxy) is 1. The number of nitrogens with one attached hydrogen (secondary N) is 2. The molecule has 0 radical (unpaired) electrons. The van der Waals surface area contributed by atoms with Crippen LogP contribution in [-0.2, 0) is 6.42 Å². The first-order chi connectivity index (χ1) is 12.3. The first kappa shape index (κ1) is 14.5. The van der Waals surface area contributed by atoms with Crippen molar-refractivity contribution in [3.05, 3.63) is 71.5 Å². The lowest BCUT2D eigenvalue weighted by molar-refractivity contribution is 0.415. The fourth-order valence-electron chi connectivity index (χ4n) is 3.83. The van der Waals surface area contributed by atoms with Gasteiger partial charge in [-0.3, -0.25) is 4.98 Å². The monoisotopic (exact) mass is 329 g/mol. The van der Waals surface area contributed by atoms with E-state index >= 15 is 0 Å². The van der Waals surface area contributed by atoms with E-state index in [1.54, 1.807) is 7.11 Å². The van der Waals surface area contributed by atoms with Crippen LogP contribution in [-0.4, -0.2) is 23.6 Å². The number of H-pyrrole nitrogens is 1. The third-order valence-electron chi connectivity index (χ3n) is 5.07. The van der Waals surface area contributed by atoms with E-state index in [-0.39, 0.29) is 6.04 Å². The highest BCUT2D eigenvalue weighted by molar-refractivity contribution is 5.87. The number of rotatable bonds is 2. The molecular formula is C21H19N3O. The standard InChI is InChI=1S/C21H19N3O/c1-25-14-7-9-18-16(12-14)15-10-11-22-21(20(15)24-18)19-8-6-13-4-2-3-5-17(13)23-19/h2-9,12,21-22,24H,10-11H2,1H3. The second-order valence-electron chi connectivity index (χ2n) is 6.49. The van der Waals surface area contributed by atoms with Crippen LogP contribution in [0.2, 0.25) is 0 Å². The van der Waals surface area contributed by atoms with Crippen molar-refractivity contribution in [3.8, 4) is 5.75 Å². The maximum absolute atomic E-state index is 5.40. The number of nitrogens with zero attached hydrogens (tertiary/aromatic N) is 1. The summed E-state index contributed by atoms with van der Waals surface area (Å²) in [6, 6.07) is 18.8. The molecule has 1 aliphatic rings. The molecule has 4 nitrogen and oxygen atoms in total. The number of hydrogen-bond donors (Lipinski definition) is 2. The molecule has 0 aliphatic carbocycles. The predicted molar refractivity (Wildman–Crippen MR) is 100 cm³/mol. The average Bonchev–Trinajstić information content (AvgIpc) is 3.05. The molecule has 2 N–H and O–H groups in total. The Morgan fingerprint density at radius 2 is 2.00 bits per heavy atom. The third-order valence-corrected chi connectivity index (χ3v) is 5.07. The number of hydrogen-bond acceptors (Lipinski definition) is 3. The highest BCUT2D eigenvalue weighted by atomic mass is 16.5. The van der Waals surface area contributed by atoms with Gasteiger partial charge in [-0.25, -0.2) is 0 Å². The molecule has 0 bridgehead atoms. The molecule has 0 fully saturated rings. The van der Waals surface area contributed by atoms with E-state index in [4.69, 9.17) is 9.72 Å². The van der Waals surface area contributed by atoms with Crippen LogP contribution in [0, 0.1) is 0 Å². The van der Waals surface area contributed by atoms with Gasteiger partial charge in [-0.2, -0.15) is 0 Å². The summed E-state index contributed by atoms with van der Waals surface area (Å²) in [4.78, 5) is 8.50. The van der Waals surface area contributed by atoms with Gasteiger partial charge >= 0.3 is 0 Å². The van der Waals surface area contributed by atoms with Gasteiger partial charge < -0.3 is 15.0 Å². The summed E-state index contributed by atoms with van der Waals surface area (Å²) in [5, 5.41) is 6.04. The number of aromatic amines is 1. The Hall–Kier alpha value is -2.85. The minimum atomic E-state index is 0.0896. The first-order valence-electron chi connectivity index (χ1n) is 8.61. The summed E-state index contributed by atoms with van der Waals surface area (Å²) in [7, 11) is 1.71. The molecule has 1 aliphatic heterocycles. The Morgan fingerprint density at radius 1 is 1.08 bits per heavy atom. The molecule has 2 aromatic heterocycles. The molecule has 1 unspecified atom stereocenters. The first-order valence-corrected chi connectivity index (χ1v) is 8.61. The van der Waals surface area contributed by atoms with Gasteiger partial charge in [-0.05, 0) is 42.3 Å². The fourth-order valence-corrected chi connectivity index (χ4v) is 3.83. The molecule has 0 spiro atoms. The molecule has 1 atom stereocenters. The highest BCUT2D eigenvalue weighted by Crippen LogP contribution is 2.34. The fraction of sp³-hybridized carbons (Fsp3) is 0.190. The van der Waals surface area contributed by atoms with Gasteiger partial charge in [0, 0.05) is 28.5 Å². The minimum absolute atomic E-state index is 0.0896. The van der Waals surface area contributed by atoms with Crippen molar-refractivity contribution in [2.24, 2.45) is 0 Å². The normalized spacial score (nSPS) is 16.9. The smallest absolute Gasteiger partial charge is 0.119 e. The Morgan fingerprint density at radius 3 is 2.92 bits per heavy atom. The summed E-state index contributed by atoms with van der Waals surface area (Å²) in [6.07, 6.45) is 1.01. The molecule has 0 saturated carbocycles. The Labute approximate surface area is 145 Å². The lowest BCUT2D eigenvalue weighted by Crippen LogP contribution is -2.31. The van der Waals surface area contributed by atoms with E-state index in [1.807, 2.05) is 18.2 Å². The van der Waals surface area contributed by atoms with Crippen LogP contribution in [0.4, 0.5) is 0 Å². The van der Waals surface area contributed by atoms with Crippen molar-refractivity contribution in [1.82, 2.24) is 15.3 Å². The zero-order chi connectivity index (χ0) is 16.8. The molecule has 2 aromatic carbocycles. The summed E-state index contributed by atoms with van der Waals surface area (Å²) >= 11 is 0. The van der Waals surface area contributed by atoms with Crippen molar-refractivity contribution in [1.29, 1.82) is 0 Å². The molecular weight excluding hydrogens is 310 g/mol. The zero-order valence-corrected chi connectivity index (χ0v) is 14.0. The van der Waals surface area contributed by atoms with Crippen molar-refractivity contribution >= 4 is 21.8 Å². The molecule has 4 heteroatoms. The minimum Gasteiger partial charge on any atom is -0.497 e. The van der Waals surface area contributed by atoms with Gasteiger partial charge in [0.05, 0.1) is 24.4 Å². The van der Waals surface area contributed by atoms with Crippen molar-refractivity contribution in [2.75, 3.05) is 13.7 Å². The quantitative estimate of drug-likeness (QED) is 0.585. The van der Waals surface area contributed by atoms with Crippen molar-refractivity contribution < 1.29 is 4.74 Å². The Bertz CT molecular complexity index is 1080. The van der Waals surface area contributed by atoms with Crippen molar-refractivity contribution in [2.45, 2.75) is 12.5 Å². The van der Waals surface area contributed by atoms with Crippen LogP contribution in [0.25, 0.3) is 21.8 Å². The van der Waals surface area contributed by atoms with Crippen LogP contribution < -0.4 is 10.1 Å². The highest BCUT2D eigenvalue weighted by Gasteiger charge is 2.26. The molecule has 3 heterocycles. The van der Waals surface area contributed by atoms with E-state index in [2.05, 4.69) is 46.7 Å². The summed E-state index contributed by atoms with van der Waals surface area (Å²) in [5.74, 6) is 0.896. The molecule has 25 heavy (non-hydrogen) atoms. The van der Waals surface area contributed by atoms with Gasteiger partial charge in [-0.15, -0.1) is 0 Å². The van der Waals surface area contributed by atoms with E-state index in [0.717, 1.165) is 35.4 Å². The van der Waals surface area contributed by atoms with Crippen LogP contribution in [0.15, 0.2) is 54.6 Å². The van der Waals surface area contributed by atoms with Gasteiger partial charge in [0.2, 0.25) is 0 Å². The second-order valence-corrected chi connectivity index (χ2v) is 6.49. The number of fused-ring (bicyclic) bond motifs is 4. The second kappa shape index (κ2) is 5.60. The van der Waals surface area contributed by atoms with Gasteiger partial charge in [0.25, 0.3) is 0 Å². The topological polar surface area (TPSA) is 49.9 Å². The van der Waals surface area contributed by atoms with E-state index in [1.165, 1.54) is 22.0 Å². The Balaban J connectivity index is 1.66. The van der Waals surface area contributed by atoms with Crippen LogP contribution in [0.1, 0.15) is 23.0 Å².